The summed E-state index contributed by atoms with van der Waals surface area (Å²) in [6.45, 7) is 0.0686. The lowest BCUT2D eigenvalue weighted by Gasteiger charge is -2.15. The predicted molar refractivity (Wildman–Crippen MR) is 72.5 cm³/mol. The monoisotopic (exact) mass is 313 g/mol. The maximum atomic E-state index is 12.6. The van der Waals surface area contributed by atoms with Gasteiger partial charge in [-0.05, 0) is 0 Å². The summed E-state index contributed by atoms with van der Waals surface area (Å²) in [5, 5.41) is 8.01. The van der Waals surface area contributed by atoms with Crippen molar-refractivity contribution in [1.29, 1.82) is 0 Å². The molecule has 0 aliphatic heterocycles. The molecule has 0 spiro atoms. The van der Waals surface area contributed by atoms with E-state index < -0.39 is 10.0 Å². The Morgan fingerprint density at radius 1 is 1.55 bits per heavy atom. The lowest BCUT2D eigenvalue weighted by Crippen LogP contribution is -2.28. The highest BCUT2D eigenvalue weighted by Gasteiger charge is 2.29. The molecule has 11 heteroatoms. The number of aromatic amines is 1. The third-order valence-electron chi connectivity index (χ3n) is 2.74. The summed E-state index contributed by atoms with van der Waals surface area (Å²) in [5.74, 6) is 0.432. The van der Waals surface area contributed by atoms with E-state index in [0.717, 1.165) is 4.31 Å². The fourth-order valence-electron chi connectivity index (χ4n) is 1.79. The molecule has 3 aromatic heterocycles. The number of hydrogen-bond acceptors (Lipinski definition) is 7. The Labute approximate surface area is 118 Å². The first kappa shape index (κ1) is 13.0. The molecule has 0 saturated heterocycles. The van der Waals surface area contributed by atoms with E-state index in [1.807, 2.05) is 0 Å². The van der Waals surface area contributed by atoms with Crippen molar-refractivity contribution < 1.29 is 8.42 Å². The van der Waals surface area contributed by atoms with E-state index in [0.29, 0.717) is 10.8 Å². The summed E-state index contributed by atoms with van der Waals surface area (Å²) in [7, 11) is -2.32. The van der Waals surface area contributed by atoms with E-state index in [9.17, 15) is 8.42 Å². The van der Waals surface area contributed by atoms with E-state index in [4.69, 9.17) is 5.73 Å². The Hall–Kier alpha value is -1.98. The number of nitrogen functional groups attached to an aromatic ring is 1. The molecule has 0 aromatic carbocycles. The number of nitrogens with two attached hydrogens (primary N) is 1. The maximum Gasteiger partial charge on any atom is 0.263 e. The zero-order valence-corrected chi connectivity index (χ0v) is 12.0. The Bertz CT molecular complexity index is 833. The summed E-state index contributed by atoms with van der Waals surface area (Å²) in [6.07, 6.45) is 2.94. The van der Waals surface area contributed by atoms with Gasteiger partial charge in [0.2, 0.25) is 0 Å². The van der Waals surface area contributed by atoms with Crippen molar-refractivity contribution in [2.75, 3.05) is 12.8 Å². The van der Waals surface area contributed by atoms with Crippen molar-refractivity contribution >= 4 is 32.1 Å². The molecule has 0 aliphatic rings. The van der Waals surface area contributed by atoms with E-state index in [1.54, 1.807) is 11.6 Å². The van der Waals surface area contributed by atoms with Gasteiger partial charge in [0.05, 0.1) is 6.54 Å². The van der Waals surface area contributed by atoms with Crippen molar-refractivity contribution in [2.45, 2.75) is 11.6 Å². The van der Waals surface area contributed by atoms with Crippen LogP contribution in [0, 0.1) is 0 Å². The number of nitrogens with one attached hydrogen (secondary N) is 1. The van der Waals surface area contributed by atoms with Gasteiger partial charge in [-0.25, -0.2) is 18.4 Å². The van der Waals surface area contributed by atoms with Gasteiger partial charge in [-0.15, -0.1) is 11.3 Å². The van der Waals surface area contributed by atoms with Crippen LogP contribution in [0.4, 0.5) is 5.82 Å². The van der Waals surface area contributed by atoms with Gasteiger partial charge in [0, 0.05) is 18.6 Å². The van der Waals surface area contributed by atoms with Crippen molar-refractivity contribution in [2.24, 2.45) is 0 Å². The number of anilines is 1. The second-order valence-corrected chi connectivity index (χ2v) is 6.88. The van der Waals surface area contributed by atoms with Gasteiger partial charge in [0.15, 0.2) is 15.8 Å². The largest absolute Gasteiger partial charge is 0.381 e. The number of imidazole rings is 1. The van der Waals surface area contributed by atoms with Crippen LogP contribution in [0.2, 0.25) is 0 Å². The Morgan fingerprint density at radius 3 is 3.05 bits per heavy atom. The van der Waals surface area contributed by atoms with Gasteiger partial charge >= 0.3 is 0 Å². The van der Waals surface area contributed by atoms with Crippen LogP contribution in [0.5, 0.6) is 0 Å². The molecule has 3 heterocycles. The molecular formula is C9H11N7O2S2. The standard InChI is InChI=1S/C9H11N7O2S2/c1-15(4-6-11-5-12-14-6)20(17,18)8-7(10)13-9-16(8)2-3-19-9/h2-3,5H,4,10H2,1H3,(H,11,12,14). The quantitative estimate of drug-likeness (QED) is 0.694. The van der Waals surface area contributed by atoms with Crippen molar-refractivity contribution in [3.63, 3.8) is 0 Å². The zero-order valence-electron chi connectivity index (χ0n) is 10.4. The minimum absolute atomic E-state index is 0.0127. The Morgan fingerprint density at radius 2 is 2.35 bits per heavy atom. The average Bonchev–Trinajstić information content (AvgIpc) is 3.05. The molecule has 0 fully saturated rings. The summed E-state index contributed by atoms with van der Waals surface area (Å²) in [6, 6.07) is 0. The highest BCUT2D eigenvalue weighted by molar-refractivity contribution is 7.89. The highest BCUT2D eigenvalue weighted by atomic mass is 32.2. The van der Waals surface area contributed by atoms with Crippen LogP contribution in [0.1, 0.15) is 5.82 Å². The fourth-order valence-corrected chi connectivity index (χ4v) is 3.86. The molecule has 0 atom stereocenters. The van der Waals surface area contributed by atoms with Gasteiger partial charge in [0.1, 0.15) is 12.2 Å². The summed E-state index contributed by atoms with van der Waals surface area (Å²) >= 11 is 1.32. The topological polar surface area (TPSA) is 122 Å². The maximum absolute atomic E-state index is 12.6. The molecule has 3 rings (SSSR count). The van der Waals surface area contributed by atoms with Crippen LogP contribution in [-0.4, -0.2) is 44.3 Å². The van der Waals surface area contributed by atoms with Crippen LogP contribution in [0.15, 0.2) is 22.9 Å². The number of aromatic nitrogens is 5. The lowest BCUT2D eigenvalue weighted by molar-refractivity contribution is 0.454. The summed E-state index contributed by atoms with van der Waals surface area (Å²) < 4.78 is 27.8. The minimum Gasteiger partial charge on any atom is -0.381 e. The van der Waals surface area contributed by atoms with Crippen LogP contribution in [0.3, 0.4) is 0 Å². The number of nitrogens with zero attached hydrogens (tertiary/aromatic N) is 5. The van der Waals surface area contributed by atoms with E-state index >= 15 is 0 Å². The van der Waals surface area contributed by atoms with E-state index in [1.165, 1.54) is 29.1 Å². The second-order valence-electron chi connectivity index (χ2n) is 4.05. The Kier molecular flexibility index (Phi) is 2.96. The molecule has 3 N–H and O–H groups in total. The lowest BCUT2D eigenvalue weighted by atomic mass is 10.6. The highest BCUT2D eigenvalue weighted by Crippen LogP contribution is 2.26. The van der Waals surface area contributed by atoms with Gasteiger partial charge in [-0.1, -0.05) is 0 Å². The number of thiazole rings is 1. The fraction of sp³-hybridized carbons (Fsp3) is 0.222. The van der Waals surface area contributed by atoms with Crippen LogP contribution >= 0.6 is 11.3 Å². The molecule has 0 unspecified atom stereocenters. The molecule has 106 valence electrons. The first-order valence-corrected chi connectivity index (χ1v) is 7.83. The third-order valence-corrected chi connectivity index (χ3v) is 5.34. The predicted octanol–water partition coefficient (Wildman–Crippen LogP) is -0.0832. The van der Waals surface area contributed by atoms with Crippen LogP contribution < -0.4 is 5.73 Å². The van der Waals surface area contributed by atoms with Gasteiger partial charge in [0.25, 0.3) is 10.0 Å². The molecule has 3 aromatic rings. The summed E-state index contributed by atoms with van der Waals surface area (Å²) in [4.78, 5) is 8.47. The second kappa shape index (κ2) is 4.54. The number of sulfonamides is 1. The normalized spacial score (nSPS) is 12.5. The Balaban J connectivity index is 2.02. The molecule has 9 nitrogen and oxygen atoms in total. The number of H-pyrrole nitrogens is 1. The zero-order chi connectivity index (χ0) is 14.3. The summed E-state index contributed by atoms with van der Waals surface area (Å²) in [5.41, 5.74) is 5.73. The molecular weight excluding hydrogens is 302 g/mol. The molecule has 0 bridgehead atoms. The minimum atomic E-state index is -3.77. The van der Waals surface area contributed by atoms with Crippen molar-refractivity contribution in [3.05, 3.63) is 23.7 Å². The van der Waals surface area contributed by atoms with Crippen LogP contribution in [0.25, 0.3) is 4.96 Å². The molecule has 0 aliphatic carbocycles. The number of fused-ring (bicyclic) bond motifs is 1. The van der Waals surface area contributed by atoms with E-state index in [2.05, 4.69) is 20.2 Å². The SMILES string of the molecule is CN(Cc1ncn[nH]1)S(=O)(=O)c1c(N)nc2sccn12. The van der Waals surface area contributed by atoms with Gasteiger partial charge in [-0.2, -0.15) is 9.40 Å². The molecule has 0 radical (unpaired) electrons. The van der Waals surface area contributed by atoms with Gasteiger partial charge < -0.3 is 5.73 Å². The third kappa shape index (κ3) is 1.95. The average molecular weight is 313 g/mol. The first-order valence-electron chi connectivity index (χ1n) is 5.52. The molecule has 20 heavy (non-hydrogen) atoms. The number of rotatable bonds is 4. The van der Waals surface area contributed by atoms with E-state index in [-0.39, 0.29) is 17.4 Å². The van der Waals surface area contributed by atoms with Crippen molar-refractivity contribution in [1.82, 2.24) is 28.9 Å². The van der Waals surface area contributed by atoms with Gasteiger partial charge in [-0.3, -0.25) is 9.50 Å². The molecule has 0 saturated carbocycles. The first-order chi connectivity index (χ1) is 9.50. The smallest absolute Gasteiger partial charge is 0.263 e. The number of hydrogen-bond donors (Lipinski definition) is 2. The van der Waals surface area contributed by atoms with Crippen LogP contribution in [-0.2, 0) is 16.6 Å². The molecule has 0 amide bonds. The van der Waals surface area contributed by atoms with Crippen molar-refractivity contribution in [3.8, 4) is 0 Å².